The summed E-state index contributed by atoms with van der Waals surface area (Å²) in [6.07, 6.45) is 2.74. The van der Waals surface area contributed by atoms with Gasteiger partial charge in [0.05, 0.1) is 30.9 Å². The van der Waals surface area contributed by atoms with Crippen LogP contribution in [0.5, 0.6) is 0 Å². The van der Waals surface area contributed by atoms with Gasteiger partial charge in [0.15, 0.2) is 0 Å². The fraction of sp³-hybridized carbons (Fsp3) is 0.680. The lowest BCUT2D eigenvalue weighted by Gasteiger charge is -2.47. The van der Waals surface area contributed by atoms with Crippen molar-refractivity contribution in [2.75, 3.05) is 13.2 Å². The molecule has 2 aromatic heterocycles. The number of hydrogen-bond acceptors (Lipinski definition) is 6. The topological polar surface area (TPSA) is 74.3 Å². The Morgan fingerprint density at radius 2 is 2.14 bits per heavy atom. The molecule has 0 bridgehead atoms. The fourth-order valence-corrected chi connectivity index (χ4v) is 6.76. The summed E-state index contributed by atoms with van der Waals surface area (Å²) in [4.78, 5) is 2.30. The van der Waals surface area contributed by atoms with Crippen LogP contribution in [0.2, 0.25) is 0 Å². The second kappa shape index (κ2) is 9.85. The Kier molecular flexibility index (Phi) is 7.36. The Morgan fingerprint density at radius 3 is 2.80 bits per heavy atom. The third kappa shape index (κ3) is 5.43. The average Bonchev–Trinajstić information content (AvgIpc) is 3.41. The summed E-state index contributed by atoms with van der Waals surface area (Å²) in [6, 6.07) is 2.44. The van der Waals surface area contributed by atoms with Crippen LogP contribution in [0.15, 0.2) is 12.4 Å². The van der Waals surface area contributed by atoms with Crippen molar-refractivity contribution in [3.63, 3.8) is 0 Å². The number of aromatic nitrogens is 2. The SMILES string of the molecule is C[C@H]1C[C@@]2(CCN1Cc1cnn(CCCC(C)(C)C#N)c1)OCCc1c2sc(C(F)(F)F)c1CO. The largest absolute Gasteiger partial charge is 0.425 e. The van der Waals surface area contributed by atoms with Crippen molar-refractivity contribution in [3.8, 4) is 6.07 Å². The first-order chi connectivity index (χ1) is 16.5. The monoisotopic (exact) mass is 510 g/mol. The van der Waals surface area contributed by atoms with Gasteiger partial charge in [-0.1, -0.05) is 0 Å². The number of hydrogen-bond donors (Lipinski definition) is 1. The van der Waals surface area contributed by atoms with E-state index in [4.69, 9.17) is 10.00 Å². The molecule has 2 aliphatic heterocycles. The number of nitrogens with zero attached hydrogens (tertiary/aromatic N) is 4. The van der Waals surface area contributed by atoms with Gasteiger partial charge in [-0.25, -0.2) is 0 Å². The van der Waals surface area contributed by atoms with Gasteiger partial charge in [0, 0.05) is 47.9 Å². The van der Waals surface area contributed by atoms with Crippen LogP contribution in [0.25, 0.3) is 0 Å². The maximum atomic E-state index is 13.6. The molecule has 10 heteroatoms. The molecule has 0 radical (unpaired) electrons. The normalized spacial score (nSPS) is 23.4. The molecule has 1 fully saturated rings. The summed E-state index contributed by atoms with van der Waals surface area (Å²) >= 11 is 0.758. The minimum absolute atomic E-state index is 0.0285. The third-order valence-electron chi connectivity index (χ3n) is 7.29. The number of aryl methyl sites for hydroxylation is 1. The molecule has 2 aliphatic rings. The summed E-state index contributed by atoms with van der Waals surface area (Å²) < 4.78 is 49.0. The van der Waals surface area contributed by atoms with E-state index in [-0.39, 0.29) is 17.0 Å². The number of likely N-dealkylation sites (tertiary alicyclic amines) is 1. The van der Waals surface area contributed by atoms with Gasteiger partial charge < -0.3 is 9.84 Å². The van der Waals surface area contributed by atoms with Gasteiger partial charge in [-0.05, 0) is 58.4 Å². The minimum atomic E-state index is -4.47. The Balaban J connectivity index is 1.43. The van der Waals surface area contributed by atoms with Crippen LogP contribution >= 0.6 is 11.3 Å². The van der Waals surface area contributed by atoms with Crippen molar-refractivity contribution in [2.45, 2.75) is 90.4 Å². The van der Waals surface area contributed by atoms with Gasteiger partial charge in [-0.3, -0.25) is 9.58 Å². The Morgan fingerprint density at radius 1 is 1.37 bits per heavy atom. The van der Waals surface area contributed by atoms with Crippen molar-refractivity contribution >= 4 is 11.3 Å². The summed E-state index contributed by atoms with van der Waals surface area (Å²) in [7, 11) is 0. The molecule has 6 nitrogen and oxygen atoms in total. The molecule has 1 N–H and O–H groups in total. The zero-order chi connectivity index (χ0) is 25.4. The molecule has 0 unspecified atom stereocenters. The molecule has 0 aromatic carbocycles. The van der Waals surface area contributed by atoms with Crippen LogP contribution in [0.1, 0.15) is 72.9 Å². The maximum Gasteiger partial charge on any atom is 0.425 e. The third-order valence-corrected chi connectivity index (χ3v) is 8.80. The summed E-state index contributed by atoms with van der Waals surface area (Å²) in [5.74, 6) is 0. The van der Waals surface area contributed by atoms with E-state index in [9.17, 15) is 18.3 Å². The van der Waals surface area contributed by atoms with Crippen molar-refractivity contribution in [1.82, 2.24) is 14.7 Å². The molecule has 1 saturated heterocycles. The number of ether oxygens (including phenoxy) is 1. The molecule has 0 amide bonds. The predicted molar refractivity (Wildman–Crippen MR) is 127 cm³/mol. The van der Waals surface area contributed by atoms with Crippen molar-refractivity contribution in [1.29, 1.82) is 5.26 Å². The Labute approximate surface area is 208 Å². The molecule has 4 heterocycles. The minimum Gasteiger partial charge on any atom is -0.392 e. The number of aliphatic hydroxyl groups excluding tert-OH is 1. The number of rotatable bonds is 7. The van der Waals surface area contributed by atoms with Gasteiger partial charge in [-0.2, -0.15) is 23.5 Å². The lowest BCUT2D eigenvalue weighted by Crippen LogP contribution is -2.50. The standard InChI is InChI=1S/C25H33F3N4O2S/c1-17-11-24(21-19(5-10-34-24)20(15-33)22(35-21)25(26,27)28)7-9-31(17)13-18-12-30-32(14-18)8-4-6-23(2,3)16-29/h12,14,17,33H,4-11,13,15H2,1-3H3/t17-,24+/m0/s1. The second-order valence-electron chi connectivity index (χ2n) is 10.5. The highest BCUT2D eigenvalue weighted by atomic mass is 32.1. The molecule has 192 valence electrons. The fourth-order valence-electron chi connectivity index (χ4n) is 5.35. The van der Waals surface area contributed by atoms with Crippen LogP contribution in [0.3, 0.4) is 0 Å². The molecule has 0 saturated carbocycles. The van der Waals surface area contributed by atoms with E-state index in [1.54, 1.807) is 0 Å². The van der Waals surface area contributed by atoms with Crippen molar-refractivity contribution in [3.05, 3.63) is 38.8 Å². The van der Waals surface area contributed by atoms with E-state index in [0.29, 0.717) is 49.4 Å². The lowest BCUT2D eigenvalue weighted by molar-refractivity contribution is -0.135. The maximum absolute atomic E-state index is 13.6. The first kappa shape index (κ1) is 26.1. The van der Waals surface area contributed by atoms with Crippen LogP contribution in [0.4, 0.5) is 13.2 Å². The van der Waals surface area contributed by atoms with Crippen LogP contribution < -0.4 is 0 Å². The van der Waals surface area contributed by atoms with E-state index in [1.807, 2.05) is 30.9 Å². The molecule has 35 heavy (non-hydrogen) atoms. The zero-order valence-corrected chi connectivity index (χ0v) is 21.3. The van der Waals surface area contributed by atoms with E-state index < -0.39 is 23.3 Å². The van der Waals surface area contributed by atoms with Gasteiger partial charge in [-0.15, -0.1) is 11.3 Å². The molecule has 0 aliphatic carbocycles. The van der Waals surface area contributed by atoms with Crippen molar-refractivity contribution in [2.24, 2.45) is 5.41 Å². The molecular formula is C25H33F3N4O2S. The van der Waals surface area contributed by atoms with Crippen molar-refractivity contribution < 1.29 is 23.0 Å². The molecule has 1 spiro atoms. The molecule has 2 atom stereocenters. The van der Waals surface area contributed by atoms with E-state index >= 15 is 0 Å². The van der Waals surface area contributed by atoms with Crippen LogP contribution in [0, 0.1) is 16.7 Å². The number of fused-ring (bicyclic) bond motifs is 2. The zero-order valence-electron chi connectivity index (χ0n) is 20.5. The lowest BCUT2D eigenvalue weighted by atomic mass is 9.81. The Hall–Kier alpha value is -1.93. The number of alkyl halides is 3. The second-order valence-corrected chi connectivity index (χ2v) is 11.5. The first-order valence-corrected chi connectivity index (χ1v) is 12.9. The van der Waals surface area contributed by atoms with E-state index in [2.05, 4.69) is 23.0 Å². The predicted octanol–water partition coefficient (Wildman–Crippen LogP) is 5.24. The van der Waals surface area contributed by atoms with Gasteiger partial charge in [0.1, 0.15) is 10.5 Å². The van der Waals surface area contributed by atoms with Gasteiger partial charge in [0.25, 0.3) is 0 Å². The average molecular weight is 511 g/mol. The smallest absolute Gasteiger partial charge is 0.392 e. The van der Waals surface area contributed by atoms with E-state index in [1.165, 1.54) is 0 Å². The quantitative estimate of drug-likeness (QED) is 0.552. The highest BCUT2D eigenvalue weighted by Gasteiger charge is 2.48. The van der Waals surface area contributed by atoms with Crippen LogP contribution in [-0.4, -0.2) is 39.0 Å². The number of thiophene rings is 1. The summed E-state index contributed by atoms with van der Waals surface area (Å²) in [6.45, 7) is 7.92. The highest BCUT2D eigenvalue weighted by Crippen LogP contribution is 2.51. The van der Waals surface area contributed by atoms with Gasteiger partial charge >= 0.3 is 6.18 Å². The number of aliphatic hydroxyl groups is 1. The van der Waals surface area contributed by atoms with Crippen LogP contribution in [-0.2, 0) is 42.6 Å². The number of piperidine rings is 1. The molecule has 4 rings (SSSR count). The van der Waals surface area contributed by atoms with E-state index in [0.717, 1.165) is 36.3 Å². The Bertz CT molecular complexity index is 1090. The first-order valence-electron chi connectivity index (χ1n) is 12.1. The molecule has 2 aromatic rings. The summed E-state index contributed by atoms with van der Waals surface area (Å²) in [5, 5.41) is 23.3. The summed E-state index contributed by atoms with van der Waals surface area (Å²) in [5.41, 5.74) is 0.700. The van der Waals surface area contributed by atoms with Gasteiger partial charge in [0.2, 0.25) is 0 Å². The molecular weight excluding hydrogens is 477 g/mol. The number of nitriles is 1. The number of halogens is 3. The highest BCUT2D eigenvalue weighted by molar-refractivity contribution is 7.12.